The Bertz CT molecular complexity index is 1490. The molecule has 4 N–H and O–H groups in total. The van der Waals surface area contributed by atoms with Crippen molar-refractivity contribution in [2.45, 2.75) is 29.7 Å². The Morgan fingerprint density at radius 3 is 2.27 bits per heavy atom. The zero-order valence-corrected chi connectivity index (χ0v) is 24.9. The normalized spacial score (nSPS) is 11.1. The number of aromatic nitrogens is 1. The van der Waals surface area contributed by atoms with E-state index in [0.29, 0.717) is 23.3 Å². The average molecular weight is 637 g/mol. The lowest BCUT2D eigenvalue weighted by atomic mass is 10.2. The maximum absolute atomic E-state index is 13.3. The van der Waals surface area contributed by atoms with E-state index >= 15 is 0 Å². The predicted molar refractivity (Wildman–Crippen MR) is 155 cm³/mol. The quantitative estimate of drug-likeness (QED) is 0.0933. The van der Waals surface area contributed by atoms with Crippen LogP contribution in [0, 0.1) is 6.92 Å². The van der Waals surface area contributed by atoms with Gasteiger partial charge in [0.2, 0.25) is 16.0 Å². The van der Waals surface area contributed by atoms with Gasteiger partial charge in [-0.2, -0.15) is 12.7 Å². The van der Waals surface area contributed by atoms with Gasteiger partial charge in [-0.15, -0.1) is 24.8 Å². The SMILES string of the molecule is Cc1cc(OCCCON=C(N)N)cc(OS(=O)(=O)c2ccccc2S(=O)(=O)N(C)Cc2cccnc2)c1.Cl.Cl. The van der Waals surface area contributed by atoms with Crippen molar-refractivity contribution in [3.8, 4) is 11.5 Å². The summed E-state index contributed by atoms with van der Waals surface area (Å²) in [6, 6.07) is 13.3. The molecule has 0 radical (unpaired) electrons. The van der Waals surface area contributed by atoms with Gasteiger partial charge in [0.1, 0.15) is 27.9 Å². The van der Waals surface area contributed by atoms with Crippen molar-refractivity contribution in [3.63, 3.8) is 0 Å². The van der Waals surface area contributed by atoms with Crippen LogP contribution in [0.4, 0.5) is 0 Å². The summed E-state index contributed by atoms with van der Waals surface area (Å²) in [5.41, 5.74) is 11.7. The molecule has 0 bridgehead atoms. The summed E-state index contributed by atoms with van der Waals surface area (Å²) in [5.74, 6) is 0.129. The first-order valence-electron chi connectivity index (χ1n) is 11.3. The molecule has 0 aliphatic carbocycles. The number of hydrogen-bond donors (Lipinski definition) is 2. The van der Waals surface area contributed by atoms with Gasteiger partial charge in [-0.05, 0) is 53.5 Å². The second-order valence-electron chi connectivity index (χ2n) is 8.14. The summed E-state index contributed by atoms with van der Waals surface area (Å²) in [5, 5.41) is 3.40. The molecule has 0 saturated heterocycles. The van der Waals surface area contributed by atoms with Gasteiger partial charge in [0.15, 0.2) is 0 Å². The summed E-state index contributed by atoms with van der Waals surface area (Å²) < 4.78 is 65.2. The minimum absolute atomic E-state index is 0. The zero-order valence-electron chi connectivity index (χ0n) is 21.7. The maximum atomic E-state index is 13.3. The summed E-state index contributed by atoms with van der Waals surface area (Å²) >= 11 is 0. The molecular formula is C24H31Cl2N5O7S2. The predicted octanol–water partition coefficient (Wildman–Crippen LogP) is 2.80. The number of hydrogen-bond acceptors (Lipinski definition) is 9. The van der Waals surface area contributed by atoms with Crippen LogP contribution in [0.1, 0.15) is 17.5 Å². The molecule has 0 aliphatic rings. The van der Waals surface area contributed by atoms with Crippen LogP contribution in [0.3, 0.4) is 0 Å². The summed E-state index contributed by atoms with van der Waals surface area (Å²) in [6.45, 7) is 2.18. The molecular weight excluding hydrogens is 605 g/mol. The molecule has 0 spiro atoms. The largest absolute Gasteiger partial charge is 0.493 e. The molecule has 16 heteroatoms. The van der Waals surface area contributed by atoms with Crippen molar-refractivity contribution in [2.75, 3.05) is 20.3 Å². The molecule has 0 aliphatic heterocycles. The zero-order chi connectivity index (χ0) is 27.8. The van der Waals surface area contributed by atoms with Gasteiger partial charge in [-0.3, -0.25) is 4.98 Å². The average Bonchev–Trinajstić information content (AvgIpc) is 2.86. The number of rotatable bonds is 13. The van der Waals surface area contributed by atoms with E-state index in [1.165, 1.54) is 49.6 Å². The van der Waals surface area contributed by atoms with E-state index in [1.807, 2.05) is 0 Å². The van der Waals surface area contributed by atoms with Crippen molar-refractivity contribution >= 4 is 50.9 Å². The third-order valence-corrected chi connectivity index (χ3v) is 8.28. The highest BCUT2D eigenvalue weighted by molar-refractivity contribution is 7.91. The number of guanidine groups is 1. The minimum atomic E-state index is -4.54. The third-order valence-electron chi connectivity index (χ3n) is 4.98. The van der Waals surface area contributed by atoms with E-state index in [9.17, 15) is 16.8 Å². The molecule has 0 unspecified atom stereocenters. The standard InChI is InChI=1S/C24H29N5O7S2.2ClH/c1-18-13-20(34-11-6-12-35-28-24(25)26)15-21(14-18)36-38(32,33)23-9-4-3-8-22(23)37(30,31)29(2)17-19-7-5-10-27-16-19;;/h3-5,7-10,13-16H,6,11-12,17H2,1-2H3,(H4,25,26,28);2*1H. The van der Waals surface area contributed by atoms with E-state index in [1.54, 1.807) is 31.3 Å². The second-order valence-corrected chi connectivity index (χ2v) is 11.7. The molecule has 0 amide bonds. The van der Waals surface area contributed by atoms with Crippen LogP contribution in [0.25, 0.3) is 0 Å². The van der Waals surface area contributed by atoms with Crippen molar-refractivity contribution < 1.29 is 30.6 Å². The Balaban J connectivity index is 0.00000400. The lowest BCUT2D eigenvalue weighted by Crippen LogP contribution is -2.28. The van der Waals surface area contributed by atoms with E-state index in [0.717, 1.165) is 4.31 Å². The first kappa shape index (κ1) is 34.7. The Morgan fingerprint density at radius 1 is 0.950 bits per heavy atom. The number of nitrogens with two attached hydrogens (primary N) is 2. The van der Waals surface area contributed by atoms with Crippen molar-refractivity contribution in [3.05, 3.63) is 78.1 Å². The van der Waals surface area contributed by atoms with Crippen LogP contribution in [0.5, 0.6) is 11.5 Å². The fourth-order valence-corrected chi connectivity index (χ4v) is 6.17. The number of aryl methyl sites for hydroxylation is 1. The van der Waals surface area contributed by atoms with Gasteiger partial charge in [-0.1, -0.05) is 18.2 Å². The Kier molecular flexibility index (Phi) is 13.4. The van der Waals surface area contributed by atoms with Crippen molar-refractivity contribution in [1.82, 2.24) is 9.29 Å². The molecule has 1 aromatic heterocycles. The number of halogens is 2. The van der Waals surface area contributed by atoms with Crippen LogP contribution in [0.15, 0.2) is 81.9 Å². The van der Waals surface area contributed by atoms with Crippen LogP contribution < -0.4 is 20.4 Å². The number of pyridine rings is 1. The highest BCUT2D eigenvalue weighted by atomic mass is 35.5. The van der Waals surface area contributed by atoms with Gasteiger partial charge < -0.3 is 25.2 Å². The molecule has 1 heterocycles. The Morgan fingerprint density at radius 2 is 1.62 bits per heavy atom. The number of oxime groups is 1. The maximum Gasteiger partial charge on any atom is 0.340 e. The Hall–Kier alpha value is -3.30. The number of benzene rings is 2. The smallest absolute Gasteiger partial charge is 0.340 e. The van der Waals surface area contributed by atoms with E-state index in [4.69, 9.17) is 25.2 Å². The highest BCUT2D eigenvalue weighted by Crippen LogP contribution is 2.29. The summed E-state index contributed by atoms with van der Waals surface area (Å²) in [4.78, 5) is 7.97. The molecule has 2 aromatic carbocycles. The van der Waals surface area contributed by atoms with Gasteiger partial charge in [0.05, 0.1) is 6.61 Å². The van der Waals surface area contributed by atoms with Crippen LogP contribution in [0.2, 0.25) is 0 Å². The number of sulfonamides is 1. The van der Waals surface area contributed by atoms with Gasteiger partial charge >= 0.3 is 10.1 Å². The molecule has 220 valence electrons. The van der Waals surface area contributed by atoms with Gasteiger partial charge in [0.25, 0.3) is 0 Å². The van der Waals surface area contributed by atoms with Gasteiger partial charge in [0, 0.05) is 38.5 Å². The first-order chi connectivity index (χ1) is 18.0. The first-order valence-corrected chi connectivity index (χ1v) is 14.2. The summed E-state index contributed by atoms with van der Waals surface area (Å²) in [6.07, 6.45) is 3.56. The lowest BCUT2D eigenvalue weighted by molar-refractivity contribution is 0.127. The Labute approximate surface area is 246 Å². The molecule has 40 heavy (non-hydrogen) atoms. The third kappa shape index (κ3) is 9.71. The minimum Gasteiger partial charge on any atom is -0.493 e. The van der Waals surface area contributed by atoms with Gasteiger partial charge in [-0.25, -0.2) is 8.42 Å². The molecule has 3 rings (SSSR count). The molecule has 0 fully saturated rings. The van der Waals surface area contributed by atoms with E-state index in [-0.39, 0.29) is 56.3 Å². The van der Waals surface area contributed by atoms with E-state index < -0.39 is 29.9 Å². The highest BCUT2D eigenvalue weighted by Gasteiger charge is 2.31. The molecule has 0 saturated carbocycles. The van der Waals surface area contributed by atoms with Crippen molar-refractivity contribution in [2.24, 2.45) is 16.6 Å². The topological polar surface area (TPSA) is 176 Å². The lowest BCUT2D eigenvalue weighted by Gasteiger charge is -2.19. The monoisotopic (exact) mass is 635 g/mol. The molecule has 3 aromatic rings. The van der Waals surface area contributed by atoms with Crippen LogP contribution in [-0.4, -0.2) is 52.3 Å². The second kappa shape index (κ2) is 15.5. The fraction of sp³-hybridized carbons (Fsp3) is 0.250. The number of ether oxygens (including phenoxy) is 1. The van der Waals surface area contributed by atoms with E-state index in [2.05, 4.69) is 10.1 Å². The molecule has 0 atom stereocenters. The summed E-state index contributed by atoms with van der Waals surface area (Å²) in [7, 11) is -7.38. The number of nitrogens with zero attached hydrogens (tertiary/aromatic N) is 3. The fourth-order valence-electron chi connectivity index (χ4n) is 3.32. The molecule has 12 nitrogen and oxygen atoms in total. The van der Waals surface area contributed by atoms with Crippen LogP contribution >= 0.6 is 24.8 Å². The van der Waals surface area contributed by atoms with Crippen molar-refractivity contribution in [1.29, 1.82) is 0 Å². The van der Waals surface area contributed by atoms with Crippen LogP contribution in [-0.2, 0) is 31.5 Å².